The molecule has 1 saturated carbocycles. The number of ether oxygens (including phenoxy) is 1. The summed E-state index contributed by atoms with van der Waals surface area (Å²) >= 11 is 0. The summed E-state index contributed by atoms with van der Waals surface area (Å²) in [5.41, 5.74) is 2.52. The summed E-state index contributed by atoms with van der Waals surface area (Å²) in [5.74, 6) is 0.968. The van der Waals surface area contributed by atoms with E-state index < -0.39 is 14.6 Å². The van der Waals surface area contributed by atoms with E-state index in [9.17, 15) is 13.2 Å². The summed E-state index contributed by atoms with van der Waals surface area (Å²) in [5, 5.41) is 0.875. The molecular formula is C23H27N5O4S. The van der Waals surface area contributed by atoms with Gasteiger partial charge in [-0.25, -0.2) is 18.4 Å². The number of hydrogen-bond donors (Lipinski definition) is 1. The van der Waals surface area contributed by atoms with Crippen LogP contribution in [-0.4, -0.2) is 80.8 Å². The minimum Gasteiger partial charge on any atom is -0.378 e. The van der Waals surface area contributed by atoms with Crippen molar-refractivity contribution < 1.29 is 17.9 Å². The van der Waals surface area contributed by atoms with Crippen molar-refractivity contribution in [3.63, 3.8) is 0 Å². The Morgan fingerprint density at radius 3 is 2.52 bits per heavy atom. The van der Waals surface area contributed by atoms with Gasteiger partial charge in [-0.05, 0) is 31.0 Å². The number of nitrogens with one attached hydrogen (secondary N) is 1. The Morgan fingerprint density at radius 2 is 1.88 bits per heavy atom. The number of anilines is 1. The van der Waals surface area contributed by atoms with E-state index in [4.69, 9.17) is 14.7 Å². The SMILES string of the molecule is CN(C)C(=O)c1cc(-c2nc(N3CCOCC3)cc(C3(S(C)(=O)=O)CC3)n2)c2cc[nH]c2c1. The number of fused-ring (bicyclic) bond motifs is 1. The van der Waals surface area contributed by atoms with Crippen molar-refractivity contribution in [1.29, 1.82) is 0 Å². The molecule has 0 bridgehead atoms. The number of aromatic amines is 1. The van der Waals surface area contributed by atoms with Crippen LogP contribution < -0.4 is 4.90 Å². The molecule has 174 valence electrons. The molecule has 0 spiro atoms. The number of benzene rings is 1. The van der Waals surface area contributed by atoms with Gasteiger partial charge in [0.25, 0.3) is 5.91 Å². The first-order valence-corrected chi connectivity index (χ1v) is 12.8. The van der Waals surface area contributed by atoms with Crippen LogP contribution in [-0.2, 0) is 19.3 Å². The van der Waals surface area contributed by atoms with Gasteiger partial charge in [0.05, 0.1) is 18.9 Å². The van der Waals surface area contributed by atoms with Gasteiger partial charge in [-0.2, -0.15) is 0 Å². The fourth-order valence-electron chi connectivity index (χ4n) is 4.41. The Labute approximate surface area is 192 Å². The molecule has 1 aromatic carbocycles. The lowest BCUT2D eigenvalue weighted by atomic mass is 10.0. The number of morpholine rings is 1. The first kappa shape index (κ1) is 21.8. The maximum atomic E-state index is 12.7. The van der Waals surface area contributed by atoms with Crippen molar-refractivity contribution in [2.75, 3.05) is 51.6 Å². The quantitative estimate of drug-likeness (QED) is 0.610. The second-order valence-corrected chi connectivity index (χ2v) is 11.3. The third kappa shape index (κ3) is 3.76. The lowest BCUT2D eigenvalue weighted by molar-refractivity contribution is 0.0827. The van der Waals surface area contributed by atoms with Gasteiger partial charge in [0.15, 0.2) is 15.7 Å². The number of H-pyrrole nitrogens is 1. The summed E-state index contributed by atoms with van der Waals surface area (Å²) in [6.45, 7) is 2.50. The Bertz CT molecular complexity index is 1340. The largest absolute Gasteiger partial charge is 0.378 e. The highest BCUT2D eigenvalue weighted by Gasteiger charge is 2.55. The van der Waals surface area contributed by atoms with Crippen LogP contribution in [0.4, 0.5) is 5.82 Å². The van der Waals surface area contributed by atoms with Crippen LogP contribution in [0, 0.1) is 0 Å². The van der Waals surface area contributed by atoms with Crippen molar-refractivity contribution in [2.45, 2.75) is 17.6 Å². The number of hydrogen-bond acceptors (Lipinski definition) is 7. The number of sulfone groups is 1. The second-order valence-electron chi connectivity index (χ2n) is 8.96. The molecule has 3 heterocycles. The zero-order chi connectivity index (χ0) is 23.4. The number of carbonyl (C=O) groups is 1. The van der Waals surface area contributed by atoms with Crippen molar-refractivity contribution in [2.24, 2.45) is 0 Å². The van der Waals surface area contributed by atoms with E-state index in [0.29, 0.717) is 67.6 Å². The molecule has 9 nitrogen and oxygen atoms in total. The molecule has 1 N–H and O–H groups in total. The third-order valence-electron chi connectivity index (χ3n) is 6.49. The van der Waals surface area contributed by atoms with E-state index in [2.05, 4.69) is 9.88 Å². The predicted octanol–water partition coefficient (Wildman–Crippen LogP) is 2.20. The van der Waals surface area contributed by atoms with E-state index in [1.54, 1.807) is 20.2 Å². The molecule has 2 aromatic heterocycles. The number of aromatic nitrogens is 3. The molecule has 2 aliphatic rings. The average molecular weight is 470 g/mol. The molecule has 10 heteroatoms. The number of rotatable bonds is 5. The van der Waals surface area contributed by atoms with E-state index in [-0.39, 0.29) is 5.91 Å². The standard InChI is InChI=1S/C23H27N5O4S/c1-27(2)22(29)15-12-17(16-4-7-24-18(16)13-15)21-25-19(23(5-6-23)33(3,30)31)14-20(26-21)28-8-10-32-11-9-28/h4,7,12-14,24H,5-6,8-11H2,1-3H3. The topological polar surface area (TPSA) is 108 Å². The predicted molar refractivity (Wildman–Crippen MR) is 126 cm³/mol. The first-order valence-electron chi connectivity index (χ1n) is 10.9. The summed E-state index contributed by atoms with van der Waals surface area (Å²) in [4.78, 5) is 29.2. The Morgan fingerprint density at radius 1 is 1.15 bits per heavy atom. The van der Waals surface area contributed by atoms with Crippen molar-refractivity contribution >= 4 is 32.5 Å². The van der Waals surface area contributed by atoms with Gasteiger partial charge in [0.1, 0.15) is 10.6 Å². The van der Waals surface area contributed by atoms with Gasteiger partial charge < -0.3 is 19.5 Å². The van der Waals surface area contributed by atoms with Crippen LogP contribution in [0.2, 0.25) is 0 Å². The minimum atomic E-state index is -3.36. The summed E-state index contributed by atoms with van der Waals surface area (Å²) < 4.78 is 29.9. The molecule has 1 aliphatic heterocycles. The van der Waals surface area contributed by atoms with E-state index in [1.807, 2.05) is 24.4 Å². The zero-order valence-corrected chi connectivity index (χ0v) is 19.8. The maximum Gasteiger partial charge on any atom is 0.253 e. The fraction of sp³-hybridized carbons (Fsp3) is 0.435. The van der Waals surface area contributed by atoms with E-state index in [1.165, 1.54) is 11.2 Å². The Hall–Kier alpha value is -2.98. The van der Waals surface area contributed by atoms with Gasteiger partial charge in [0, 0.05) is 67.7 Å². The molecular weight excluding hydrogens is 442 g/mol. The number of nitrogens with zero attached hydrogens (tertiary/aromatic N) is 4. The van der Waals surface area contributed by atoms with Crippen LogP contribution in [0.3, 0.4) is 0 Å². The van der Waals surface area contributed by atoms with Gasteiger partial charge in [-0.15, -0.1) is 0 Å². The highest BCUT2D eigenvalue weighted by molar-refractivity contribution is 7.91. The third-order valence-corrected chi connectivity index (χ3v) is 8.53. The molecule has 1 aliphatic carbocycles. The summed E-state index contributed by atoms with van der Waals surface area (Å²) in [6.07, 6.45) is 4.17. The number of carbonyl (C=O) groups excluding carboxylic acids is 1. The van der Waals surface area contributed by atoms with E-state index >= 15 is 0 Å². The van der Waals surface area contributed by atoms with Crippen molar-refractivity contribution in [3.05, 3.63) is 41.7 Å². The van der Waals surface area contributed by atoms with Gasteiger partial charge in [0.2, 0.25) is 0 Å². The molecule has 1 saturated heterocycles. The normalized spacial score (nSPS) is 17.8. The first-order chi connectivity index (χ1) is 15.7. The molecule has 3 aromatic rings. The Kier molecular flexibility index (Phi) is 5.17. The molecule has 0 unspecified atom stereocenters. The van der Waals surface area contributed by atoms with Crippen LogP contribution in [0.15, 0.2) is 30.5 Å². The molecule has 33 heavy (non-hydrogen) atoms. The molecule has 0 radical (unpaired) electrons. The van der Waals surface area contributed by atoms with Gasteiger partial charge >= 0.3 is 0 Å². The van der Waals surface area contributed by atoms with E-state index in [0.717, 1.165) is 10.9 Å². The van der Waals surface area contributed by atoms with Crippen LogP contribution >= 0.6 is 0 Å². The van der Waals surface area contributed by atoms with Crippen LogP contribution in [0.5, 0.6) is 0 Å². The van der Waals surface area contributed by atoms with Crippen molar-refractivity contribution in [1.82, 2.24) is 19.9 Å². The zero-order valence-electron chi connectivity index (χ0n) is 19.0. The minimum absolute atomic E-state index is 0.132. The fourth-order valence-corrected chi connectivity index (χ4v) is 5.73. The smallest absolute Gasteiger partial charge is 0.253 e. The highest BCUT2D eigenvalue weighted by atomic mass is 32.2. The van der Waals surface area contributed by atoms with Gasteiger partial charge in [-0.1, -0.05) is 0 Å². The Balaban J connectivity index is 1.73. The molecule has 1 amide bonds. The van der Waals surface area contributed by atoms with Crippen LogP contribution in [0.25, 0.3) is 22.3 Å². The average Bonchev–Trinajstić information content (AvgIpc) is 3.50. The number of amides is 1. The lowest BCUT2D eigenvalue weighted by Gasteiger charge is -2.29. The molecule has 5 rings (SSSR count). The summed E-state index contributed by atoms with van der Waals surface area (Å²) in [7, 11) is 0.0561. The lowest BCUT2D eigenvalue weighted by Crippen LogP contribution is -2.37. The molecule has 0 atom stereocenters. The van der Waals surface area contributed by atoms with Crippen molar-refractivity contribution in [3.8, 4) is 11.4 Å². The molecule has 2 fully saturated rings. The summed E-state index contributed by atoms with van der Waals surface area (Å²) in [6, 6.07) is 7.34. The highest BCUT2D eigenvalue weighted by Crippen LogP contribution is 2.52. The monoisotopic (exact) mass is 469 g/mol. The van der Waals surface area contributed by atoms with Gasteiger partial charge in [-0.3, -0.25) is 4.79 Å². The van der Waals surface area contributed by atoms with Crippen LogP contribution in [0.1, 0.15) is 28.9 Å². The second kappa shape index (κ2) is 7.81. The maximum absolute atomic E-state index is 12.7.